The van der Waals surface area contributed by atoms with Gasteiger partial charge < -0.3 is 9.72 Å². The highest BCUT2D eigenvalue weighted by Gasteiger charge is 2.11. The van der Waals surface area contributed by atoms with Crippen LogP contribution in [0.4, 0.5) is 4.39 Å². The van der Waals surface area contributed by atoms with Gasteiger partial charge in [0.1, 0.15) is 28.9 Å². The number of benzene rings is 2. The van der Waals surface area contributed by atoms with Crippen LogP contribution in [0.15, 0.2) is 59.4 Å². The molecule has 0 fully saturated rings. The van der Waals surface area contributed by atoms with Gasteiger partial charge in [-0.15, -0.1) is 0 Å². The van der Waals surface area contributed by atoms with Crippen molar-refractivity contribution in [1.29, 1.82) is 5.26 Å². The summed E-state index contributed by atoms with van der Waals surface area (Å²) >= 11 is 0. The molecule has 0 aliphatic heterocycles. The first-order chi connectivity index (χ1) is 11.6. The molecule has 3 aromatic rings. The molecule has 2 aromatic carbocycles. The zero-order valence-electron chi connectivity index (χ0n) is 12.8. The van der Waals surface area contributed by atoms with Crippen LogP contribution in [0.2, 0.25) is 0 Å². The fourth-order valence-electron chi connectivity index (χ4n) is 2.39. The van der Waals surface area contributed by atoms with E-state index in [0.717, 1.165) is 0 Å². The Morgan fingerprint density at radius 2 is 1.83 bits per heavy atom. The van der Waals surface area contributed by atoms with Crippen LogP contribution in [0.5, 0.6) is 11.5 Å². The van der Waals surface area contributed by atoms with E-state index in [1.165, 1.54) is 24.3 Å². The van der Waals surface area contributed by atoms with Gasteiger partial charge in [0.05, 0.1) is 0 Å². The highest BCUT2D eigenvalue weighted by molar-refractivity contribution is 5.71. The van der Waals surface area contributed by atoms with Crippen LogP contribution < -0.4 is 10.3 Å². The molecular formula is C19H13FN2O2. The molecule has 0 aliphatic carbocycles. The first-order valence-corrected chi connectivity index (χ1v) is 7.25. The lowest BCUT2D eigenvalue weighted by Crippen LogP contribution is -2.12. The van der Waals surface area contributed by atoms with Crippen LogP contribution >= 0.6 is 0 Å². The molecule has 5 heteroatoms. The lowest BCUT2D eigenvalue weighted by Gasteiger charge is -2.09. The SMILES string of the molecule is Cc1cc(-c2cccc(Oc3ccc(F)cc3)c2)c(C#N)c(=O)[nH]1. The Labute approximate surface area is 137 Å². The Hall–Kier alpha value is -3.39. The van der Waals surface area contributed by atoms with Gasteiger partial charge in [-0.05, 0) is 55.0 Å². The van der Waals surface area contributed by atoms with Crippen molar-refractivity contribution in [2.75, 3.05) is 0 Å². The quantitative estimate of drug-likeness (QED) is 0.788. The number of aryl methyl sites for hydroxylation is 1. The molecule has 0 amide bonds. The van der Waals surface area contributed by atoms with Gasteiger partial charge in [0.2, 0.25) is 0 Å². The van der Waals surface area contributed by atoms with Gasteiger partial charge in [-0.25, -0.2) is 4.39 Å². The molecule has 0 spiro atoms. The summed E-state index contributed by atoms with van der Waals surface area (Å²) in [6.07, 6.45) is 0. The van der Waals surface area contributed by atoms with E-state index < -0.39 is 5.56 Å². The number of hydrogen-bond acceptors (Lipinski definition) is 3. The lowest BCUT2D eigenvalue weighted by atomic mass is 10.0. The van der Waals surface area contributed by atoms with Gasteiger partial charge in [-0.2, -0.15) is 5.26 Å². The first kappa shape index (κ1) is 15.5. The van der Waals surface area contributed by atoms with Gasteiger partial charge >= 0.3 is 0 Å². The molecule has 118 valence electrons. The Morgan fingerprint density at radius 3 is 2.54 bits per heavy atom. The summed E-state index contributed by atoms with van der Waals surface area (Å²) < 4.78 is 18.6. The maximum Gasteiger partial charge on any atom is 0.266 e. The summed E-state index contributed by atoms with van der Waals surface area (Å²) in [6, 6.07) is 16.4. The van der Waals surface area contributed by atoms with Crippen molar-refractivity contribution in [3.63, 3.8) is 0 Å². The largest absolute Gasteiger partial charge is 0.457 e. The Morgan fingerprint density at radius 1 is 1.08 bits per heavy atom. The number of ether oxygens (including phenoxy) is 1. The minimum Gasteiger partial charge on any atom is -0.457 e. The first-order valence-electron chi connectivity index (χ1n) is 7.25. The van der Waals surface area contributed by atoms with E-state index in [2.05, 4.69) is 4.98 Å². The molecular weight excluding hydrogens is 307 g/mol. The van der Waals surface area contributed by atoms with Crippen molar-refractivity contribution in [3.05, 3.63) is 82.0 Å². The second kappa shape index (κ2) is 6.39. The number of nitrogens with one attached hydrogen (secondary N) is 1. The molecule has 24 heavy (non-hydrogen) atoms. The molecule has 1 heterocycles. The predicted molar refractivity (Wildman–Crippen MR) is 88.4 cm³/mol. The normalized spacial score (nSPS) is 10.2. The van der Waals surface area contributed by atoms with Crippen molar-refractivity contribution < 1.29 is 9.13 Å². The molecule has 0 bridgehead atoms. The fraction of sp³-hybridized carbons (Fsp3) is 0.0526. The Balaban J connectivity index is 2.01. The van der Waals surface area contributed by atoms with E-state index in [0.29, 0.717) is 28.3 Å². The smallest absolute Gasteiger partial charge is 0.266 e. The van der Waals surface area contributed by atoms with E-state index in [1.54, 1.807) is 37.3 Å². The van der Waals surface area contributed by atoms with Gasteiger partial charge in [0.15, 0.2) is 0 Å². The maximum atomic E-state index is 13.0. The van der Waals surface area contributed by atoms with E-state index in [1.807, 2.05) is 6.07 Å². The maximum absolute atomic E-state index is 13.0. The summed E-state index contributed by atoms with van der Waals surface area (Å²) in [7, 11) is 0. The van der Waals surface area contributed by atoms with Crippen LogP contribution in [0.1, 0.15) is 11.3 Å². The number of aromatic nitrogens is 1. The van der Waals surface area contributed by atoms with Crippen LogP contribution in [0.25, 0.3) is 11.1 Å². The highest BCUT2D eigenvalue weighted by atomic mass is 19.1. The molecule has 3 rings (SSSR count). The van der Waals surface area contributed by atoms with Crippen molar-refractivity contribution in [1.82, 2.24) is 4.98 Å². The van der Waals surface area contributed by atoms with Crippen molar-refractivity contribution in [3.8, 4) is 28.7 Å². The lowest BCUT2D eigenvalue weighted by molar-refractivity contribution is 0.481. The molecule has 4 nitrogen and oxygen atoms in total. The third-order valence-electron chi connectivity index (χ3n) is 3.47. The number of aromatic amines is 1. The van der Waals surface area contributed by atoms with E-state index in [9.17, 15) is 14.4 Å². The number of halogens is 1. The van der Waals surface area contributed by atoms with Crippen LogP contribution in [0.3, 0.4) is 0 Å². The third-order valence-corrected chi connectivity index (χ3v) is 3.47. The molecule has 0 saturated heterocycles. The third kappa shape index (κ3) is 3.18. The van der Waals surface area contributed by atoms with Gasteiger partial charge in [0, 0.05) is 11.3 Å². The zero-order chi connectivity index (χ0) is 17.1. The number of rotatable bonds is 3. The second-order valence-corrected chi connectivity index (χ2v) is 5.27. The van der Waals surface area contributed by atoms with Crippen LogP contribution in [-0.4, -0.2) is 4.98 Å². The molecule has 1 N–H and O–H groups in total. The van der Waals surface area contributed by atoms with Crippen LogP contribution in [0, 0.1) is 24.1 Å². The van der Waals surface area contributed by atoms with Gasteiger partial charge in [0.25, 0.3) is 5.56 Å². The van der Waals surface area contributed by atoms with Gasteiger partial charge in [-0.1, -0.05) is 12.1 Å². The second-order valence-electron chi connectivity index (χ2n) is 5.27. The number of H-pyrrole nitrogens is 1. The van der Waals surface area contributed by atoms with E-state index in [-0.39, 0.29) is 11.4 Å². The topological polar surface area (TPSA) is 65.9 Å². The molecule has 0 radical (unpaired) electrons. The average molecular weight is 320 g/mol. The van der Waals surface area contributed by atoms with Crippen molar-refractivity contribution in [2.24, 2.45) is 0 Å². The minimum absolute atomic E-state index is 0.0551. The number of nitrogens with zero attached hydrogens (tertiary/aromatic N) is 1. The van der Waals surface area contributed by atoms with E-state index >= 15 is 0 Å². The molecule has 1 aromatic heterocycles. The number of pyridine rings is 1. The summed E-state index contributed by atoms with van der Waals surface area (Å²) in [5.74, 6) is 0.686. The van der Waals surface area contributed by atoms with Crippen molar-refractivity contribution >= 4 is 0 Å². The summed E-state index contributed by atoms with van der Waals surface area (Å²) in [5.41, 5.74) is 1.54. The predicted octanol–water partition coefficient (Wildman–Crippen LogP) is 4.15. The standard InChI is InChI=1S/C19H13FN2O2/c1-12-9-17(18(11-21)19(23)22-12)13-3-2-4-16(10-13)24-15-7-5-14(20)6-8-15/h2-10H,1H3,(H,22,23). The van der Waals surface area contributed by atoms with Gasteiger partial charge in [-0.3, -0.25) is 4.79 Å². The van der Waals surface area contributed by atoms with Crippen molar-refractivity contribution in [2.45, 2.75) is 6.92 Å². The monoisotopic (exact) mass is 320 g/mol. The summed E-state index contributed by atoms with van der Waals surface area (Å²) in [6.45, 7) is 1.75. The Kier molecular flexibility index (Phi) is 4.13. The average Bonchev–Trinajstić information content (AvgIpc) is 2.57. The molecule has 0 saturated carbocycles. The number of hydrogen-bond donors (Lipinski definition) is 1. The number of nitriles is 1. The molecule has 0 unspecified atom stereocenters. The van der Waals surface area contributed by atoms with E-state index in [4.69, 9.17) is 4.74 Å². The minimum atomic E-state index is -0.419. The Bertz CT molecular complexity index is 985. The molecule has 0 aliphatic rings. The molecule has 0 atom stereocenters. The zero-order valence-corrected chi connectivity index (χ0v) is 12.8. The fourth-order valence-corrected chi connectivity index (χ4v) is 2.39. The van der Waals surface area contributed by atoms with Crippen LogP contribution in [-0.2, 0) is 0 Å². The summed E-state index contributed by atoms with van der Waals surface area (Å²) in [5, 5.41) is 9.25. The highest BCUT2D eigenvalue weighted by Crippen LogP contribution is 2.28. The summed E-state index contributed by atoms with van der Waals surface area (Å²) in [4.78, 5) is 14.5.